The third-order valence-corrected chi connectivity index (χ3v) is 9.29. The molecule has 3 heteroatoms. The van der Waals surface area contributed by atoms with E-state index in [0.717, 1.165) is 66.8 Å². The molecule has 0 amide bonds. The van der Waals surface area contributed by atoms with E-state index in [1.165, 1.54) is 16.5 Å². The number of nitrogens with zero attached hydrogens (tertiary/aromatic N) is 3. The molecule has 2 aromatic heterocycles. The zero-order chi connectivity index (χ0) is 33.3. The molecule has 50 heavy (non-hydrogen) atoms. The van der Waals surface area contributed by atoms with Crippen LogP contribution in [0.5, 0.6) is 0 Å². The molecule has 0 aliphatic carbocycles. The van der Waals surface area contributed by atoms with Gasteiger partial charge in [0.05, 0.1) is 22.6 Å². The van der Waals surface area contributed by atoms with Gasteiger partial charge in [0.15, 0.2) is 5.82 Å². The molecule has 0 unspecified atom stereocenters. The Morgan fingerprint density at radius 1 is 0.260 bits per heavy atom. The Morgan fingerprint density at radius 2 is 0.660 bits per heavy atom. The van der Waals surface area contributed by atoms with Crippen molar-refractivity contribution in [1.82, 2.24) is 15.0 Å². The van der Waals surface area contributed by atoms with Crippen LogP contribution in [0.4, 0.5) is 0 Å². The maximum atomic E-state index is 5.37. The number of aromatic nitrogens is 3. The number of fused-ring (bicyclic) bond motifs is 3. The van der Waals surface area contributed by atoms with Crippen molar-refractivity contribution in [2.24, 2.45) is 0 Å². The highest BCUT2D eigenvalue weighted by molar-refractivity contribution is 6.16. The van der Waals surface area contributed by atoms with Crippen LogP contribution < -0.4 is 0 Å². The van der Waals surface area contributed by atoms with Crippen LogP contribution in [0.1, 0.15) is 0 Å². The first-order chi connectivity index (χ1) is 24.8. The summed E-state index contributed by atoms with van der Waals surface area (Å²) in [5, 5.41) is 3.46. The maximum absolute atomic E-state index is 5.37. The smallest absolute Gasteiger partial charge is 0.160 e. The first-order valence-electron chi connectivity index (χ1n) is 16.9. The molecule has 0 radical (unpaired) electrons. The van der Waals surface area contributed by atoms with Crippen molar-refractivity contribution in [2.45, 2.75) is 0 Å². The van der Waals surface area contributed by atoms with Crippen molar-refractivity contribution in [3.63, 3.8) is 0 Å². The fourth-order valence-corrected chi connectivity index (χ4v) is 6.79. The zero-order valence-electron chi connectivity index (χ0n) is 27.2. The summed E-state index contributed by atoms with van der Waals surface area (Å²) in [6.07, 6.45) is 0. The summed E-state index contributed by atoms with van der Waals surface area (Å²) < 4.78 is 0. The van der Waals surface area contributed by atoms with Crippen molar-refractivity contribution >= 4 is 21.7 Å². The average molecular weight is 638 g/mol. The minimum atomic E-state index is 0.688. The van der Waals surface area contributed by atoms with E-state index in [-0.39, 0.29) is 0 Å². The van der Waals surface area contributed by atoms with Gasteiger partial charge in [0, 0.05) is 33.0 Å². The zero-order valence-corrected chi connectivity index (χ0v) is 27.2. The van der Waals surface area contributed by atoms with Crippen molar-refractivity contribution in [2.75, 3.05) is 0 Å². The fourth-order valence-electron chi connectivity index (χ4n) is 6.79. The number of pyridine rings is 1. The lowest BCUT2D eigenvalue weighted by Crippen LogP contribution is -1.96. The van der Waals surface area contributed by atoms with Crippen LogP contribution in [-0.2, 0) is 0 Å². The highest BCUT2D eigenvalue weighted by atomic mass is 14.9. The van der Waals surface area contributed by atoms with Crippen LogP contribution in [0.3, 0.4) is 0 Å². The number of benzene rings is 7. The summed E-state index contributed by atoms with van der Waals surface area (Å²) >= 11 is 0. The highest BCUT2D eigenvalue weighted by Gasteiger charge is 2.16. The van der Waals surface area contributed by atoms with E-state index in [0.29, 0.717) is 5.82 Å². The van der Waals surface area contributed by atoms with Crippen molar-refractivity contribution in [3.8, 4) is 67.4 Å². The number of rotatable bonds is 6. The third-order valence-electron chi connectivity index (χ3n) is 9.29. The maximum Gasteiger partial charge on any atom is 0.160 e. The largest absolute Gasteiger partial charge is 0.247 e. The van der Waals surface area contributed by atoms with Crippen LogP contribution >= 0.6 is 0 Å². The van der Waals surface area contributed by atoms with E-state index in [1.54, 1.807) is 0 Å². The SMILES string of the molecule is c1ccc(-c2cc(-c3ccccc3)nc(-c3ccc(-c4cc(-c5ccccc5)c5cc(-c6ccccc6)c6ccccc6c5n4)cc3)n2)cc1. The van der Waals surface area contributed by atoms with Gasteiger partial charge in [-0.15, -0.1) is 0 Å². The van der Waals surface area contributed by atoms with Gasteiger partial charge < -0.3 is 0 Å². The van der Waals surface area contributed by atoms with Gasteiger partial charge >= 0.3 is 0 Å². The average Bonchev–Trinajstić information content (AvgIpc) is 3.21. The summed E-state index contributed by atoms with van der Waals surface area (Å²) in [7, 11) is 0. The van der Waals surface area contributed by atoms with Crippen molar-refractivity contribution < 1.29 is 0 Å². The molecule has 0 atom stereocenters. The minimum absolute atomic E-state index is 0.688. The molecule has 9 aromatic rings. The molecule has 0 bridgehead atoms. The Labute approximate surface area is 291 Å². The predicted octanol–water partition coefficient (Wildman–Crippen LogP) is 12.2. The predicted molar refractivity (Wildman–Crippen MR) is 207 cm³/mol. The van der Waals surface area contributed by atoms with E-state index in [2.05, 4.69) is 152 Å². The van der Waals surface area contributed by atoms with Crippen LogP contribution in [0.25, 0.3) is 89.1 Å². The van der Waals surface area contributed by atoms with Gasteiger partial charge in [0.2, 0.25) is 0 Å². The number of hydrogen-bond donors (Lipinski definition) is 0. The first-order valence-corrected chi connectivity index (χ1v) is 16.9. The lowest BCUT2D eigenvalue weighted by Gasteiger charge is -2.16. The molecule has 3 nitrogen and oxygen atoms in total. The van der Waals surface area contributed by atoms with Gasteiger partial charge in [-0.2, -0.15) is 0 Å². The molecule has 0 N–H and O–H groups in total. The standard InChI is InChI=1S/C47H31N3/c1-5-15-32(16-6-1)40-29-42-41(33-17-7-2-8-18-33)30-43(48-46(42)39-24-14-13-23-38(39)40)36-25-27-37(28-26-36)47-49-44(34-19-9-3-10-20-34)31-45(50-47)35-21-11-4-12-22-35/h1-31H. The van der Waals surface area contributed by atoms with Crippen LogP contribution in [0.2, 0.25) is 0 Å². The molecule has 0 fully saturated rings. The highest BCUT2D eigenvalue weighted by Crippen LogP contribution is 2.40. The molecule has 9 rings (SSSR count). The molecule has 0 spiro atoms. The fraction of sp³-hybridized carbons (Fsp3) is 0. The molecular formula is C47H31N3. The van der Waals surface area contributed by atoms with E-state index in [1.807, 2.05) is 36.4 Å². The topological polar surface area (TPSA) is 38.7 Å². The lowest BCUT2D eigenvalue weighted by atomic mass is 9.91. The van der Waals surface area contributed by atoms with E-state index >= 15 is 0 Å². The Hall–Kier alpha value is -6.71. The van der Waals surface area contributed by atoms with E-state index < -0.39 is 0 Å². The van der Waals surface area contributed by atoms with Gasteiger partial charge in [-0.05, 0) is 45.8 Å². The summed E-state index contributed by atoms with van der Waals surface area (Å²) in [5.74, 6) is 0.688. The second-order valence-corrected chi connectivity index (χ2v) is 12.4. The monoisotopic (exact) mass is 637 g/mol. The lowest BCUT2D eigenvalue weighted by molar-refractivity contribution is 1.18. The van der Waals surface area contributed by atoms with Gasteiger partial charge in [-0.3, -0.25) is 0 Å². The Balaban J connectivity index is 1.20. The quantitative estimate of drug-likeness (QED) is 0.170. The van der Waals surface area contributed by atoms with Gasteiger partial charge in [0.1, 0.15) is 0 Å². The summed E-state index contributed by atoms with van der Waals surface area (Å²) in [4.78, 5) is 15.4. The summed E-state index contributed by atoms with van der Waals surface area (Å²) in [6.45, 7) is 0. The Kier molecular flexibility index (Phi) is 7.49. The first kappa shape index (κ1) is 29.4. The Bertz CT molecular complexity index is 2540. The molecular weight excluding hydrogens is 607 g/mol. The van der Waals surface area contributed by atoms with E-state index in [4.69, 9.17) is 15.0 Å². The molecule has 234 valence electrons. The summed E-state index contributed by atoms with van der Waals surface area (Å²) in [5.41, 5.74) is 12.5. The Morgan fingerprint density at radius 3 is 1.20 bits per heavy atom. The number of hydrogen-bond acceptors (Lipinski definition) is 3. The summed E-state index contributed by atoms with van der Waals surface area (Å²) in [6, 6.07) is 65.6. The third kappa shape index (κ3) is 5.51. The van der Waals surface area contributed by atoms with Gasteiger partial charge in [-0.1, -0.05) is 170 Å². The van der Waals surface area contributed by atoms with Gasteiger partial charge in [0.25, 0.3) is 0 Å². The molecule has 0 aliphatic heterocycles. The van der Waals surface area contributed by atoms with Crippen LogP contribution in [0, 0.1) is 0 Å². The molecule has 0 aliphatic rings. The minimum Gasteiger partial charge on any atom is -0.247 e. The molecule has 2 heterocycles. The molecule has 0 saturated carbocycles. The van der Waals surface area contributed by atoms with Crippen LogP contribution in [0.15, 0.2) is 188 Å². The van der Waals surface area contributed by atoms with E-state index in [9.17, 15) is 0 Å². The van der Waals surface area contributed by atoms with Crippen molar-refractivity contribution in [1.29, 1.82) is 0 Å². The second-order valence-electron chi connectivity index (χ2n) is 12.4. The molecule has 0 saturated heterocycles. The van der Waals surface area contributed by atoms with Crippen molar-refractivity contribution in [3.05, 3.63) is 188 Å². The van der Waals surface area contributed by atoms with Crippen LogP contribution in [-0.4, -0.2) is 15.0 Å². The van der Waals surface area contributed by atoms with Gasteiger partial charge in [-0.25, -0.2) is 15.0 Å². The molecule has 7 aromatic carbocycles. The second kappa shape index (κ2) is 12.7. The normalized spacial score (nSPS) is 11.2.